The molecule has 1 N–H and O–H groups in total. The van der Waals surface area contributed by atoms with E-state index < -0.39 is 6.04 Å². The van der Waals surface area contributed by atoms with E-state index in [0.717, 1.165) is 11.1 Å². The van der Waals surface area contributed by atoms with Gasteiger partial charge in [-0.3, -0.25) is 9.59 Å². The average Bonchev–Trinajstić information content (AvgIpc) is 2.91. The first-order valence-corrected chi connectivity index (χ1v) is 7.91. The SMILES string of the molecule is Cc1ccc(C)c(C(=O)NC2CCN(c3ccc(F)cc3)C2=O)c1. The standard InChI is InChI=1S/C19H19FN2O2/c1-12-3-4-13(2)16(11-12)18(23)21-17-9-10-22(19(17)24)15-7-5-14(20)6-8-15/h3-8,11,17H,9-10H2,1-2H3,(H,21,23). The molecule has 2 aromatic carbocycles. The molecule has 1 unspecified atom stereocenters. The van der Waals surface area contributed by atoms with E-state index in [4.69, 9.17) is 0 Å². The summed E-state index contributed by atoms with van der Waals surface area (Å²) in [6.45, 7) is 4.30. The summed E-state index contributed by atoms with van der Waals surface area (Å²) >= 11 is 0. The van der Waals surface area contributed by atoms with Crippen LogP contribution in [-0.4, -0.2) is 24.4 Å². The molecule has 2 aromatic rings. The number of benzene rings is 2. The Kier molecular flexibility index (Phi) is 4.34. The number of hydrogen-bond acceptors (Lipinski definition) is 2. The Morgan fingerprint density at radius 3 is 2.58 bits per heavy atom. The highest BCUT2D eigenvalue weighted by molar-refractivity contribution is 6.04. The third-order valence-corrected chi connectivity index (χ3v) is 4.29. The lowest BCUT2D eigenvalue weighted by molar-refractivity contribution is -0.118. The number of carbonyl (C=O) groups is 2. The molecule has 24 heavy (non-hydrogen) atoms. The van der Waals surface area contributed by atoms with E-state index in [1.807, 2.05) is 32.0 Å². The summed E-state index contributed by atoms with van der Waals surface area (Å²) in [5.74, 6) is -0.749. The van der Waals surface area contributed by atoms with E-state index >= 15 is 0 Å². The van der Waals surface area contributed by atoms with Gasteiger partial charge < -0.3 is 10.2 Å². The first-order chi connectivity index (χ1) is 11.5. The summed E-state index contributed by atoms with van der Waals surface area (Å²) in [6.07, 6.45) is 0.535. The highest BCUT2D eigenvalue weighted by Gasteiger charge is 2.33. The largest absolute Gasteiger partial charge is 0.340 e. The van der Waals surface area contributed by atoms with Crippen LogP contribution in [0.2, 0.25) is 0 Å². The minimum Gasteiger partial charge on any atom is -0.340 e. The number of amides is 2. The molecule has 1 aliphatic heterocycles. The highest BCUT2D eigenvalue weighted by Crippen LogP contribution is 2.22. The number of rotatable bonds is 3. The molecule has 0 saturated carbocycles. The van der Waals surface area contributed by atoms with E-state index in [2.05, 4.69) is 5.32 Å². The van der Waals surface area contributed by atoms with E-state index in [1.54, 1.807) is 17.0 Å². The molecule has 2 amide bonds. The molecule has 124 valence electrons. The number of aryl methyl sites for hydroxylation is 2. The van der Waals surface area contributed by atoms with E-state index in [1.165, 1.54) is 12.1 Å². The molecule has 1 aliphatic rings. The summed E-state index contributed by atoms with van der Waals surface area (Å²) in [6, 6.07) is 10.9. The maximum atomic E-state index is 13.0. The fraction of sp³-hybridized carbons (Fsp3) is 0.263. The summed E-state index contributed by atoms with van der Waals surface area (Å²) in [4.78, 5) is 26.6. The van der Waals surface area contributed by atoms with Crippen molar-refractivity contribution in [3.8, 4) is 0 Å². The molecule has 0 aromatic heterocycles. The predicted octanol–water partition coefficient (Wildman–Crippen LogP) is 2.98. The van der Waals surface area contributed by atoms with E-state index in [9.17, 15) is 14.0 Å². The van der Waals surface area contributed by atoms with Gasteiger partial charge in [0.1, 0.15) is 11.9 Å². The van der Waals surface area contributed by atoms with Crippen molar-refractivity contribution in [2.45, 2.75) is 26.3 Å². The molecule has 3 rings (SSSR count). The van der Waals surface area contributed by atoms with Gasteiger partial charge in [0, 0.05) is 17.8 Å². The van der Waals surface area contributed by atoms with Crippen molar-refractivity contribution in [1.82, 2.24) is 5.32 Å². The Labute approximate surface area is 140 Å². The first-order valence-electron chi connectivity index (χ1n) is 7.91. The number of anilines is 1. The van der Waals surface area contributed by atoms with Gasteiger partial charge >= 0.3 is 0 Å². The molecule has 1 atom stereocenters. The molecular formula is C19H19FN2O2. The highest BCUT2D eigenvalue weighted by atomic mass is 19.1. The Hall–Kier alpha value is -2.69. The second kappa shape index (κ2) is 6.43. The minimum atomic E-state index is -0.553. The van der Waals surface area contributed by atoms with Crippen molar-refractivity contribution in [3.63, 3.8) is 0 Å². The van der Waals surface area contributed by atoms with E-state index in [0.29, 0.717) is 24.2 Å². The van der Waals surface area contributed by atoms with Crippen LogP contribution in [0.4, 0.5) is 10.1 Å². The number of nitrogens with one attached hydrogen (secondary N) is 1. The molecule has 1 saturated heterocycles. The third-order valence-electron chi connectivity index (χ3n) is 4.29. The minimum absolute atomic E-state index is 0.166. The maximum Gasteiger partial charge on any atom is 0.252 e. The van der Waals surface area contributed by atoms with Crippen LogP contribution in [-0.2, 0) is 4.79 Å². The molecule has 4 nitrogen and oxygen atoms in total. The second-order valence-corrected chi connectivity index (χ2v) is 6.10. The van der Waals surface area contributed by atoms with Gasteiger partial charge in [0.05, 0.1) is 0 Å². The summed E-state index contributed by atoms with van der Waals surface area (Å²) in [7, 11) is 0. The zero-order valence-electron chi connectivity index (χ0n) is 13.7. The quantitative estimate of drug-likeness (QED) is 0.943. The molecule has 0 aliphatic carbocycles. The van der Waals surface area contributed by atoms with Crippen LogP contribution >= 0.6 is 0 Å². The predicted molar refractivity (Wildman–Crippen MR) is 90.5 cm³/mol. The Morgan fingerprint density at radius 1 is 1.17 bits per heavy atom. The summed E-state index contributed by atoms with van der Waals surface area (Å²) in [5, 5.41) is 2.82. The summed E-state index contributed by atoms with van der Waals surface area (Å²) in [5.41, 5.74) is 3.10. The summed E-state index contributed by atoms with van der Waals surface area (Å²) < 4.78 is 13.0. The molecule has 0 spiro atoms. The molecular weight excluding hydrogens is 307 g/mol. The second-order valence-electron chi connectivity index (χ2n) is 6.10. The van der Waals surface area contributed by atoms with Crippen molar-refractivity contribution in [2.24, 2.45) is 0 Å². The van der Waals surface area contributed by atoms with Crippen LogP contribution in [0, 0.1) is 19.7 Å². The Balaban J connectivity index is 1.72. The van der Waals surface area contributed by atoms with Crippen molar-refractivity contribution >= 4 is 17.5 Å². The average molecular weight is 326 g/mol. The Morgan fingerprint density at radius 2 is 1.88 bits per heavy atom. The zero-order chi connectivity index (χ0) is 17.3. The number of carbonyl (C=O) groups excluding carboxylic acids is 2. The van der Waals surface area contributed by atoms with Crippen molar-refractivity contribution in [1.29, 1.82) is 0 Å². The maximum absolute atomic E-state index is 13.0. The van der Waals surface area contributed by atoms with Crippen molar-refractivity contribution in [2.75, 3.05) is 11.4 Å². The number of halogens is 1. The van der Waals surface area contributed by atoms with Gasteiger partial charge in [0.25, 0.3) is 5.91 Å². The molecule has 1 fully saturated rings. The Bertz CT molecular complexity index is 786. The van der Waals surface area contributed by atoms with Crippen LogP contribution in [0.5, 0.6) is 0 Å². The van der Waals surface area contributed by atoms with Gasteiger partial charge in [-0.25, -0.2) is 4.39 Å². The lowest BCUT2D eigenvalue weighted by atomic mass is 10.0. The van der Waals surface area contributed by atoms with Crippen molar-refractivity contribution in [3.05, 3.63) is 65.0 Å². The first kappa shape index (κ1) is 16.2. The topological polar surface area (TPSA) is 49.4 Å². The molecule has 0 bridgehead atoms. The van der Waals surface area contributed by atoms with Crippen LogP contribution in [0.15, 0.2) is 42.5 Å². The zero-order valence-corrected chi connectivity index (χ0v) is 13.7. The molecule has 5 heteroatoms. The third kappa shape index (κ3) is 3.15. The number of hydrogen-bond donors (Lipinski definition) is 1. The van der Waals surface area contributed by atoms with Gasteiger partial charge in [-0.2, -0.15) is 0 Å². The monoisotopic (exact) mass is 326 g/mol. The lowest BCUT2D eigenvalue weighted by Gasteiger charge is -2.17. The van der Waals surface area contributed by atoms with Gasteiger partial charge in [0.2, 0.25) is 5.91 Å². The molecule has 1 heterocycles. The van der Waals surface area contributed by atoms with E-state index in [-0.39, 0.29) is 17.6 Å². The van der Waals surface area contributed by atoms with Gasteiger partial charge in [-0.15, -0.1) is 0 Å². The van der Waals surface area contributed by atoms with Gasteiger partial charge in [-0.05, 0) is 56.2 Å². The van der Waals surface area contributed by atoms with Gasteiger partial charge in [-0.1, -0.05) is 17.7 Å². The molecule has 0 radical (unpaired) electrons. The van der Waals surface area contributed by atoms with Gasteiger partial charge in [0.15, 0.2) is 0 Å². The normalized spacial score (nSPS) is 17.2. The fourth-order valence-corrected chi connectivity index (χ4v) is 2.91. The van der Waals surface area contributed by atoms with Crippen LogP contribution in [0.1, 0.15) is 27.9 Å². The fourth-order valence-electron chi connectivity index (χ4n) is 2.91. The van der Waals surface area contributed by atoms with Crippen LogP contribution in [0.25, 0.3) is 0 Å². The van der Waals surface area contributed by atoms with Crippen molar-refractivity contribution < 1.29 is 14.0 Å². The lowest BCUT2D eigenvalue weighted by Crippen LogP contribution is -2.41. The smallest absolute Gasteiger partial charge is 0.252 e. The van der Waals surface area contributed by atoms with Crippen LogP contribution < -0.4 is 10.2 Å². The number of nitrogens with zero attached hydrogens (tertiary/aromatic N) is 1. The van der Waals surface area contributed by atoms with Crippen LogP contribution in [0.3, 0.4) is 0 Å².